The van der Waals surface area contributed by atoms with Crippen LogP contribution in [0.15, 0.2) is 102 Å². The Labute approximate surface area is 596 Å². The van der Waals surface area contributed by atoms with Crippen molar-refractivity contribution in [3.63, 3.8) is 0 Å². The molecule has 4 fully saturated rings. The van der Waals surface area contributed by atoms with Gasteiger partial charge in [-0.15, -0.1) is 0 Å². The van der Waals surface area contributed by atoms with Crippen molar-refractivity contribution in [2.45, 2.75) is 193 Å². The first kappa shape index (κ1) is 66.4. The second kappa shape index (κ2) is 27.4. The van der Waals surface area contributed by atoms with Gasteiger partial charge in [0.2, 0.25) is 0 Å². The van der Waals surface area contributed by atoms with Crippen LogP contribution in [-0.4, -0.2) is 102 Å². The molecule has 6 aliphatic heterocycles. The van der Waals surface area contributed by atoms with Gasteiger partial charge < -0.3 is 65.8 Å². The van der Waals surface area contributed by atoms with Crippen LogP contribution in [-0.2, 0) is 57.3 Å². The van der Waals surface area contributed by atoms with Crippen LogP contribution in [0.2, 0.25) is 0 Å². The van der Waals surface area contributed by atoms with E-state index >= 15 is 0 Å². The highest BCUT2D eigenvalue weighted by atomic mass is 33.1. The quantitative estimate of drug-likeness (QED) is 0.0299. The van der Waals surface area contributed by atoms with Crippen molar-refractivity contribution >= 4 is 33.6 Å². The smallest absolute Gasteiger partial charge is 0.302 e. The van der Waals surface area contributed by atoms with E-state index in [2.05, 4.69) is 125 Å². The first-order valence-corrected chi connectivity index (χ1v) is 39.6. The summed E-state index contributed by atoms with van der Waals surface area (Å²) in [6, 6.07) is 25.8. The number of aliphatic hydroxyl groups is 2. The van der Waals surface area contributed by atoms with Gasteiger partial charge in [-0.1, -0.05) is 144 Å². The average Bonchev–Trinajstić information content (AvgIpc) is 1.48. The number of aromatic hydroxyl groups is 2. The number of carbonyl (C=O) groups excluding carboxylic acids is 1. The molecule has 6 aliphatic carbocycles. The summed E-state index contributed by atoms with van der Waals surface area (Å²) in [5, 5.41) is 60.9. The van der Waals surface area contributed by atoms with E-state index in [1.54, 1.807) is 13.2 Å². The van der Waals surface area contributed by atoms with E-state index < -0.39 is 48.4 Å². The summed E-state index contributed by atoms with van der Waals surface area (Å²) in [7, 11) is 5.62. The standard InChI is InChI=1S/C84H94N4O10S2/c1-47(91)95-44-66-59-22-23-61-73-55(37-58(92)38-70(73)96-46-90)40-83-32-29-53(39-83)76-60-25-28-72(85)88-68(60)26-20-51-17-18-52-35-54-36-56(84(76)30-7-4-8-31-84)21-19-50(54)14-10-16-67(64(42-89)65(52)43-94-2)86-41-63-74(51)75(79(66)97-80(59)77(61)83)62-24-27-69-82(98-81(62)78(63)93)71(34-48-11-5-3-6-12-48)100-99-45-49-13-9-15-57(33-49)87-69/h3,5-6,11-12,19,21-25,27-28,36-38,49,51-53,57,64-67,69,71-72,76,79,82,86-90,92-93H,4,7-10,13-16,29-35,39-46,85H2,1-2H3. The van der Waals surface area contributed by atoms with Gasteiger partial charge in [0.25, 0.3) is 0 Å². The van der Waals surface area contributed by atoms with Crippen molar-refractivity contribution in [2.75, 3.05) is 39.5 Å². The fourth-order valence-electron chi connectivity index (χ4n) is 21.2. The third kappa shape index (κ3) is 11.8. The first-order chi connectivity index (χ1) is 48.9. The topological polar surface area (TPSA) is 206 Å². The molecule has 6 heterocycles. The number of hydrogen-bond donors (Lipinski definition) is 8. The maximum atomic E-state index is 14.3. The number of aliphatic hydroxyl groups excluding tert-OH is 2. The van der Waals surface area contributed by atoms with Gasteiger partial charge in [-0.3, -0.25) is 4.79 Å². The number of fused-ring (bicyclic) bond motifs is 16. The van der Waals surface area contributed by atoms with Gasteiger partial charge in [-0.05, 0) is 170 Å². The summed E-state index contributed by atoms with van der Waals surface area (Å²) in [4.78, 5) is 13.7. The van der Waals surface area contributed by atoms with Gasteiger partial charge in [0.15, 0.2) is 18.3 Å². The van der Waals surface area contributed by atoms with Crippen LogP contribution in [0.3, 0.4) is 0 Å². The van der Waals surface area contributed by atoms with Crippen LogP contribution in [0, 0.1) is 59.2 Å². The predicted molar refractivity (Wildman–Crippen MR) is 392 cm³/mol. The van der Waals surface area contributed by atoms with Gasteiger partial charge in [0.05, 0.1) is 35.7 Å². The number of benzene rings is 5. The second-order valence-corrected chi connectivity index (χ2v) is 33.8. The van der Waals surface area contributed by atoms with Crippen LogP contribution >= 0.6 is 21.6 Å². The highest BCUT2D eigenvalue weighted by Gasteiger charge is 2.57. The Morgan fingerprint density at radius 1 is 0.850 bits per heavy atom. The summed E-state index contributed by atoms with van der Waals surface area (Å²) in [5.41, 5.74) is 20.7. The number of esters is 1. The number of methoxy groups -OCH3 is 1. The van der Waals surface area contributed by atoms with Crippen LogP contribution in [0.25, 0.3) is 17.2 Å². The van der Waals surface area contributed by atoms with Gasteiger partial charge in [0.1, 0.15) is 42.0 Å². The average molecular weight is 1380 g/mol. The second-order valence-electron chi connectivity index (χ2n) is 31.1. The number of hydrogen-bond acceptors (Lipinski definition) is 16. The molecule has 1 saturated heterocycles. The Morgan fingerprint density at radius 2 is 1.73 bits per heavy atom. The van der Waals surface area contributed by atoms with Crippen molar-refractivity contribution in [3.8, 4) is 63.6 Å². The van der Waals surface area contributed by atoms with Gasteiger partial charge >= 0.3 is 5.97 Å². The lowest BCUT2D eigenvalue weighted by Gasteiger charge is -2.49. The number of nitrogens with two attached hydrogens (primary N) is 1. The van der Waals surface area contributed by atoms with Crippen molar-refractivity contribution < 1.29 is 48.9 Å². The number of nitrogens with one attached hydrogen (secondary N) is 3. The number of aryl methyl sites for hydroxylation is 1. The van der Waals surface area contributed by atoms with E-state index in [0.717, 1.165) is 152 Å². The lowest BCUT2D eigenvalue weighted by atomic mass is 9.55. The zero-order valence-corrected chi connectivity index (χ0v) is 59.1. The van der Waals surface area contributed by atoms with Gasteiger partial charge in [-0.25, -0.2) is 0 Å². The highest BCUT2D eigenvalue weighted by Crippen LogP contribution is 2.66. The number of carbonyl (C=O) groups is 1. The van der Waals surface area contributed by atoms with E-state index in [0.29, 0.717) is 53.6 Å². The van der Waals surface area contributed by atoms with Crippen LogP contribution in [0.5, 0.6) is 28.7 Å². The molecular weight excluding hydrogens is 1290 g/mol. The van der Waals surface area contributed by atoms with Crippen LogP contribution in [0.4, 0.5) is 0 Å². The summed E-state index contributed by atoms with van der Waals surface area (Å²) >= 11 is 0. The fraction of sp³-hybridized carbons (Fsp3) is 0.512. The summed E-state index contributed by atoms with van der Waals surface area (Å²) < 4.78 is 35.1. The number of ether oxygens (including phenoxy) is 5. The maximum Gasteiger partial charge on any atom is 0.302 e. The van der Waals surface area contributed by atoms with Crippen molar-refractivity contribution in [1.29, 1.82) is 0 Å². The molecule has 16 atom stereocenters. The molecule has 0 amide bonds. The predicted octanol–water partition coefficient (Wildman–Crippen LogP) is 12.9. The highest BCUT2D eigenvalue weighted by molar-refractivity contribution is 8.77. The maximum absolute atomic E-state index is 14.3. The molecule has 14 nitrogen and oxygen atoms in total. The lowest BCUT2D eigenvalue weighted by molar-refractivity contribution is -0.141. The molecule has 100 heavy (non-hydrogen) atoms. The summed E-state index contributed by atoms with van der Waals surface area (Å²) in [6.07, 6.45) is 23.6. The molecule has 3 saturated carbocycles. The third-order valence-electron chi connectivity index (χ3n) is 25.5. The summed E-state index contributed by atoms with van der Waals surface area (Å²) in [5.74, 6) is 16.4. The Kier molecular flexibility index (Phi) is 18.2. The molecule has 0 radical (unpaired) electrons. The molecule has 522 valence electrons. The first-order valence-electron chi connectivity index (χ1n) is 37.2. The Morgan fingerprint density at radius 3 is 2.57 bits per heavy atom. The van der Waals surface area contributed by atoms with Crippen LogP contribution in [0.1, 0.15) is 176 Å². The lowest BCUT2D eigenvalue weighted by Crippen LogP contribution is -2.52. The molecule has 12 aliphatic rings. The Hall–Kier alpha value is -6.83. The molecule has 5 aromatic carbocycles. The van der Waals surface area contributed by atoms with E-state index in [1.807, 2.05) is 27.7 Å². The summed E-state index contributed by atoms with van der Waals surface area (Å²) in [6.45, 7) is 1.28. The number of dihydropyridines is 1. The zero-order chi connectivity index (χ0) is 68.0. The van der Waals surface area contributed by atoms with Gasteiger partial charge in [0, 0.05) is 113 Å². The monoisotopic (exact) mass is 1380 g/mol. The minimum atomic E-state index is -0.898. The number of allylic oxidation sites excluding steroid dienone is 3. The van der Waals surface area contributed by atoms with Crippen molar-refractivity contribution in [2.24, 2.45) is 41.2 Å². The Bertz CT molecular complexity index is 4260. The molecule has 2 spiro atoms. The molecule has 0 aromatic heterocycles. The number of rotatable bonds is 9. The van der Waals surface area contributed by atoms with E-state index in [4.69, 9.17) is 29.4 Å². The van der Waals surface area contributed by atoms with E-state index in [9.17, 15) is 25.2 Å². The normalized spacial score (nSPS) is 32.2. The number of phenols is 2. The third-order valence-corrected chi connectivity index (χ3v) is 28.5. The van der Waals surface area contributed by atoms with E-state index in [-0.39, 0.29) is 89.6 Å². The molecule has 12 bridgehead atoms. The molecule has 5 aromatic rings. The fourth-order valence-corrected chi connectivity index (χ4v) is 24.5. The number of phenolic OH excluding ortho intramolecular Hbond substituents is 2. The van der Waals surface area contributed by atoms with Crippen molar-refractivity contribution in [1.82, 2.24) is 16.0 Å². The van der Waals surface area contributed by atoms with E-state index in [1.165, 1.54) is 35.6 Å². The molecule has 16 unspecified atom stereocenters. The molecular formula is C84H94N4O10S2. The molecule has 9 N–H and O–H groups in total. The molecule has 16 heteroatoms. The largest absolute Gasteiger partial charge is 0.508 e. The molecule has 17 rings (SSSR count). The minimum absolute atomic E-state index is 0.00288. The van der Waals surface area contributed by atoms with Crippen LogP contribution < -0.4 is 35.9 Å². The minimum Gasteiger partial charge on any atom is -0.508 e. The SMILES string of the molecule is COCC1C2C#CC3C#CC4=C(C=CC(N)N4)C4C5CCC6(Cc7cc(O)cc(OCO)c7-c7ccc8c(c76)OC(c6c7c(c(O)c(c63)CNC(CCCc3ccc(cc3C2)C42CCCCC2)C1CO)OC1C(C=C7)NC2CCCC(CSSC1Cc1ccccc1)C2)C8COC(C)=O)C5. The van der Waals surface area contributed by atoms with Crippen molar-refractivity contribution in [3.05, 3.63) is 163 Å². The van der Waals surface area contributed by atoms with Gasteiger partial charge in [-0.2, -0.15) is 0 Å². The zero-order valence-electron chi connectivity index (χ0n) is 57.5. The Balaban J connectivity index is 1.01.